The Labute approximate surface area is 186 Å². The Morgan fingerprint density at radius 1 is 0.750 bits per heavy atom. The summed E-state index contributed by atoms with van der Waals surface area (Å²) < 4.78 is 15.9. The lowest BCUT2D eigenvalue weighted by atomic mass is 10.1. The topological polar surface area (TPSA) is 85.9 Å². The van der Waals surface area contributed by atoms with Gasteiger partial charge in [0.25, 0.3) is 11.8 Å². The quantitative estimate of drug-likeness (QED) is 0.523. The van der Waals surface area contributed by atoms with E-state index in [2.05, 4.69) is 10.6 Å². The number of hydrogen-bond donors (Lipinski definition) is 2. The molecule has 3 aromatic carbocycles. The van der Waals surface area contributed by atoms with E-state index in [0.29, 0.717) is 34.1 Å². The maximum Gasteiger partial charge on any atom is 0.272 e. The molecule has 0 fully saturated rings. The highest BCUT2D eigenvalue weighted by Crippen LogP contribution is 2.29. The zero-order chi connectivity index (χ0) is 22.9. The van der Waals surface area contributed by atoms with Gasteiger partial charge >= 0.3 is 0 Å². The highest BCUT2D eigenvalue weighted by atomic mass is 16.5. The van der Waals surface area contributed by atoms with Gasteiger partial charge in [-0.05, 0) is 48.0 Å². The molecule has 7 nitrogen and oxygen atoms in total. The fourth-order valence-electron chi connectivity index (χ4n) is 2.99. The van der Waals surface area contributed by atoms with Crippen LogP contribution in [0.5, 0.6) is 17.2 Å². The third-order valence-electron chi connectivity index (χ3n) is 4.60. The Balaban J connectivity index is 1.96. The summed E-state index contributed by atoms with van der Waals surface area (Å²) in [6, 6.07) is 20.9. The van der Waals surface area contributed by atoms with Crippen LogP contribution in [0.4, 0.5) is 5.69 Å². The van der Waals surface area contributed by atoms with Gasteiger partial charge in [-0.1, -0.05) is 36.4 Å². The molecular weight excluding hydrogens is 408 g/mol. The second kappa shape index (κ2) is 10.7. The molecule has 2 N–H and O–H groups in total. The first-order chi connectivity index (χ1) is 15.5. The van der Waals surface area contributed by atoms with Crippen LogP contribution in [0.25, 0.3) is 6.08 Å². The fourth-order valence-corrected chi connectivity index (χ4v) is 2.99. The molecule has 0 saturated carbocycles. The number of amides is 2. The van der Waals surface area contributed by atoms with Crippen molar-refractivity contribution in [1.82, 2.24) is 5.32 Å². The van der Waals surface area contributed by atoms with Crippen LogP contribution in [0.1, 0.15) is 15.9 Å². The maximum atomic E-state index is 13.1. The van der Waals surface area contributed by atoms with E-state index in [9.17, 15) is 9.59 Å². The van der Waals surface area contributed by atoms with Gasteiger partial charge in [0.15, 0.2) is 11.5 Å². The average Bonchev–Trinajstić information content (AvgIpc) is 2.84. The van der Waals surface area contributed by atoms with Crippen LogP contribution in [0.15, 0.2) is 78.5 Å². The molecule has 0 aromatic heterocycles. The van der Waals surface area contributed by atoms with Gasteiger partial charge in [-0.25, -0.2) is 0 Å². The van der Waals surface area contributed by atoms with E-state index in [-0.39, 0.29) is 5.70 Å². The first-order valence-corrected chi connectivity index (χ1v) is 9.80. The van der Waals surface area contributed by atoms with Gasteiger partial charge in [0.2, 0.25) is 0 Å². The van der Waals surface area contributed by atoms with Gasteiger partial charge in [-0.2, -0.15) is 0 Å². The lowest BCUT2D eigenvalue weighted by molar-refractivity contribution is -0.113. The summed E-state index contributed by atoms with van der Waals surface area (Å²) in [5.74, 6) is 0.639. The fraction of sp³-hybridized carbons (Fsp3) is 0.120. The third kappa shape index (κ3) is 5.46. The molecule has 0 aliphatic carbocycles. The number of ether oxygens (including phenoxy) is 3. The van der Waals surface area contributed by atoms with Crippen molar-refractivity contribution in [2.75, 3.05) is 26.6 Å². The molecule has 0 aliphatic heterocycles. The predicted molar refractivity (Wildman–Crippen MR) is 123 cm³/mol. The Kier molecular flexibility index (Phi) is 7.48. The number of para-hydroxylation sites is 2. The van der Waals surface area contributed by atoms with Gasteiger partial charge in [-0.15, -0.1) is 0 Å². The minimum atomic E-state index is -0.506. The molecule has 3 rings (SSSR count). The summed E-state index contributed by atoms with van der Waals surface area (Å²) in [6.45, 7) is 0. The van der Waals surface area contributed by atoms with Crippen LogP contribution in [0.3, 0.4) is 0 Å². The molecule has 0 radical (unpaired) electrons. The highest BCUT2D eigenvalue weighted by molar-refractivity contribution is 6.11. The molecule has 32 heavy (non-hydrogen) atoms. The maximum absolute atomic E-state index is 13.1. The van der Waals surface area contributed by atoms with Crippen LogP contribution < -0.4 is 24.8 Å². The SMILES string of the molecule is COc1ccccc1NC(=O)C(=Cc1ccc(OC)c(OC)c1)NC(=O)c1ccccc1. The molecule has 7 heteroatoms. The van der Waals surface area contributed by atoms with Crippen molar-refractivity contribution in [2.45, 2.75) is 0 Å². The minimum Gasteiger partial charge on any atom is -0.495 e. The second-order valence-corrected chi connectivity index (χ2v) is 6.65. The zero-order valence-corrected chi connectivity index (χ0v) is 18.0. The molecule has 0 saturated heterocycles. The van der Waals surface area contributed by atoms with Crippen LogP contribution in [0, 0.1) is 0 Å². The van der Waals surface area contributed by atoms with E-state index in [0.717, 1.165) is 0 Å². The normalized spacial score (nSPS) is 10.8. The standard InChI is InChI=1S/C25H24N2O5/c1-30-21-12-8-7-11-19(21)26-25(29)20(27-24(28)18-9-5-4-6-10-18)15-17-13-14-22(31-2)23(16-17)32-3/h4-16H,1-3H3,(H,26,29)(H,27,28). The van der Waals surface area contributed by atoms with E-state index in [1.54, 1.807) is 79.9 Å². The third-order valence-corrected chi connectivity index (χ3v) is 4.60. The Morgan fingerprint density at radius 2 is 1.41 bits per heavy atom. The molecule has 0 bridgehead atoms. The largest absolute Gasteiger partial charge is 0.495 e. The molecule has 0 aliphatic rings. The summed E-state index contributed by atoms with van der Waals surface area (Å²) in [4.78, 5) is 25.9. The number of rotatable bonds is 8. The van der Waals surface area contributed by atoms with E-state index in [1.807, 2.05) is 6.07 Å². The van der Waals surface area contributed by atoms with Crippen LogP contribution in [-0.2, 0) is 4.79 Å². The van der Waals surface area contributed by atoms with Gasteiger partial charge in [0.1, 0.15) is 11.4 Å². The van der Waals surface area contributed by atoms with Gasteiger partial charge in [-0.3, -0.25) is 9.59 Å². The van der Waals surface area contributed by atoms with Crippen molar-refractivity contribution in [3.63, 3.8) is 0 Å². The van der Waals surface area contributed by atoms with E-state index < -0.39 is 11.8 Å². The second-order valence-electron chi connectivity index (χ2n) is 6.65. The van der Waals surface area contributed by atoms with Crippen molar-refractivity contribution < 1.29 is 23.8 Å². The summed E-state index contributed by atoms with van der Waals surface area (Å²) in [7, 11) is 4.58. The zero-order valence-electron chi connectivity index (χ0n) is 18.0. The molecule has 164 valence electrons. The van der Waals surface area contributed by atoms with Crippen LogP contribution in [-0.4, -0.2) is 33.1 Å². The predicted octanol–water partition coefficient (Wildman–Crippen LogP) is 4.12. The van der Waals surface area contributed by atoms with Crippen molar-refractivity contribution in [3.05, 3.63) is 89.6 Å². The number of benzene rings is 3. The summed E-state index contributed by atoms with van der Waals surface area (Å²) >= 11 is 0. The van der Waals surface area contributed by atoms with E-state index in [1.165, 1.54) is 14.2 Å². The summed E-state index contributed by atoms with van der Waals surface area (Å²) in [5.41, 5.74) is 1.60. The molecule has 0 atom stereocenters. The van der Waals surface area contributed by atoms with Gasteiger partial charge in [0, 0.05) is 5.56 Å². The van der Waals surface area contributed by atoms with Gasteiger partial charge in [0.05, 0.1) is 27.0 Å². The molecule has 0 spiro atoms. The lowest BCUT2D eigenvalue weighted by Crippen LogP contribution is -2.30. The molecule has 0 heterocycles. The summed E-state index contributed by atoms with van der Waals surface area (Å²) in [5, 5.41) is 5.49. The molecule has 0 unspecified atom stereocenters. The van der Waals surface area contributed by atoms with Crippen molar-refractivity contribution >= 4 is 23.6 Å². The Hall–Kier alpha value is -4.26. The van der Waals surface area contributed by atoms with Crippen LogP contribution in [0.2, 0.25) is 0 Å². The van der Waals surface area contributed by atoms with Crippen molar-refractivity contribution in [1.29, 1.82) is 0 Å². The van der Waals surface area contributed by atoms with Crippen molar-refractivity contribution in [2.24, 2.45) is 0 Å². The van der Waals surface area contributed by atoms with Gasteiger partial charge < -0.3 is 24.8 Å². The number of anilines is 1. The smallest absolute Gasteiger partial charge is 0.272 e. The number of carbonyl (C=O) groups excluding carboxylic acids is 2. The minimum absolute atomic E-state index is 0.0528. The average molecular weight is 432 g/mol. The lowest BCUT2D eigenvalue weighted by Gasteiger charge is -2.14. The molecule has 2 amide bonds. The molecule has 3 aromatic rings. The monoisotopic (exact) mass is 432 g/mol. The highest BCUT2D eigenvalue weighted by Gasteiger charge is 2.17. The van der Waals surface area contributed by atoms with Crippen molar-refractivity contribution in [3.8, 4) is 17.2 Å². The van der Waals surface area contributed by atoms with Crippen LogP contribution >= 0.6 is 0 Å². The first kappa shape index (κ1) is 22.4. The summed E-state index contributed by atoms with van der Waals surface area (Å²) in [6.07, 6.45) is 1.56. The number of carbonyl (C=O) groups is 2. The molecular formula is C25H24N2O5. The number of hydrogen-bond acceptors (Lipinski definition) is 5. The number of methoxy groups -OCH3 is 3. The number of nitrogens with one attached hydrogen (secondary N) is 2. The first-order valence-electron chi connectivity index (χ1n) is 9.80. The Bertz CT molecular complexity index is 1130. The van der Waals surface area contributed by atoms with E-state index in [4.69, 9.17) is 14.2 Å². The van der Waals surface area contributed by atoms with E-state index >= 15 is 0 Å². The Morgan fingerprint density at radius 3 is 2.09 bits per heavy atom.